The third-order valence-electron chi connectivity index (χ3n) is 4.49. The molecule has 0 bridgehead atoms. The molecule has 0 saturated carbocycles. The molecule has 2 aromatic rings. The third-order valence-corrected chi connectivity index (χ3v) is 4.49. The van der Waals surface area contributed by atoms with Gasteiger partial charge in [0.25, 0.3) is 0 Å². The Labute approximate surface area is 168 Å². The number of hydrogen-bond acceptors (Lipinski definition) is 3. The largest absolute Gasteiger partial charge is 0.357 e. The van der Waals surface area contributed by atoms with Crippen molar-refractivity contribution in [3.05, 3.63) is 53.9 Å². The van der Waals surface area contributed by atoms with Crippen LogP contribution in [0.2, 0.25) is 0 Å². The number of amides is 1. The van der Waals surface area contributed by atoms with Crippen molar-refractivity contribution in [2.24, 2.45) is 4.99 Å². The molecule has 0 aliphatic heterocycles. The minimum absolute atomic E-state index is 0.110. The lowest BCUT2D eigenvalue weighted by atomic mass is 10.1. The highest BCUT2D eigenvalue weighted by Crippen LogP contribution is 2.08. The van der Waals surface area contributed by atoms with Crippen molar-refractivity contribution in [3.8, 4) is 0 Å². The Bertz CT molecular complexity index is 752. The first kappa shape index (κ1) is 21.5. The van der Waals surface area contributed by atoms with Crippen LogP contribution in [0, 0.1) is 0 Å². The minimum Gasteiger partial charge on any atom is -0.357 e. The first-order valence-corrected chi connectivity index (χ1v) is 9.89. The summed E-state index contributed by atoms with van der Waals surface area (Å²) in [5.41, 5.74) is 2.31. The molecule has 1 amide bonds. The number of hydrogen-bond donors (Lipinski definition) is 1. The van der Waals surface area contributed by atoms with Crippen LogP contribution in [0.4, 0.5) is 0 Å². The molecule has 0 fully saturated rings. The van der Waals surface area contributed by atoms with E-state index in [1.807, 2.05) is 60.6 Å². The Balaban J connectivity index is 2.04. The zero-order valence-corrected chi connectivity index (χ0v) is 17.4. The number of likely N-dealkylation sites (N-methyl/N-ethyl adjacent to an activating group) is 2. The normalized spacial score (nSPS) is 11.4. The fourth-order valence-electron chi connectivity index (χ4n) is 3.00. The van der Waals surface area contributed by atoms with Crippen LogP contribution in [0.25, 0.3) is 0 Å². The summed E-state index contributed by atoms with van der Waals surface area (Å²) in [7, 11) is 1.90. The number of guanidine groups is 1. The van der Waals surface area contributed by atoms with Gasteiger partial charge in [-0.25, -0.2) is 4.99 Å². The zero-order chi connectivity index (χ0) is 20.4. The number of carbonyl (C=O) groups is 1. The molecule has 28 heavy (non-hydrogen) atoms. The standard InChI is InChI=1S/C21H32N6O/c1-5-22-21(25(4)17-20(28)26(6-2)7-3)23-15-18-10-8-11-19(14-18)16-27-13-9-12-24-27/h8-14H,5-7,15-17H2,1-4H3,(H,22,23). The number of aromatic nitrogens is 2. The molecule has 0 radical (unpaired) electrons. The molecule has 7 nitrogen and oxygen atoms in total. The van der Waals surface area contributed by atoms with Crippen LogP contribution < -0.4 is 5.32 Å². The van der Waals surface area contributed by atoms with Crippen molar-refractivity contribution < 1.29 is 4.79 Å². The van der Waals surface area contributed by atoms with E-state index in [0.717, 1.165) is 37.7 Å². The number of carbonyl (C=O) groups excluding carboxylic acids is 1. The van der Waals surface area contributed by atoms with Gasteiger partial charge in [0, 0.05) is 39.1 Å². The third kappa shape index (κ3) is 6.40. The number of aliphatic imine (C=N–C) groups is 1. The molecule has 7 heteroatoms. The smallest absolute Gasteiger partial charge is 0.242 e. The van der Waals surface area contributed by atoms with Crippen molar-refractivity contribution in [3.63, 3.8) is 0 Å². The summed E-state index contributed by atoms with van der Waals surface area (Å²) in [5.74, 6) is 0.847. The second-order valence-corrected chi connectivity index (χ2v) is 6.62. The summed E-state index contributed by atoms with van der Waals surface area (Å²) in [6, 6.07) is 10.3. The Hall–Kier alpha value is -2.83. The number of nitrogens with zero attached hydrogens (tertiary/aromatic N) is 5. The molecule has 1 N–H and O–H groups in total. The Morgan fingerprint density at radius 1 is 1.18 bits per heavy atom. The first-order chi connectivity index (χ1) is 13.6. The topological polar surface area (TPSA) is 65.8 Å². The van der Waals surface area contributed by atoms with E-state index in [1.165, 1.54) is 5.56 Å². The summed E-state index contributed by atoms with van der Waals surface area (Å²) in [6.07, 6.45) is 3.74. The summed E-state index contributed by atoms with van der Waals surface area (Å²) in [5, 5.41) is 7.53. The lowest BCUT2D eigenvalue weighted by Crippen LogP contribution is -2.45. The van der Waals surface area contributed by atoms with Gasteiger partial charge in [-0.2, -0.15) is 5.10 Å². The van der Waals surface area contributed by atoms with Crippen molar-refractivity contribution in [1.29, 1.82) is 0 Å². The van der Waals surface area contributed by atoms with Crippen LogP contribution in [0.3, 0.4) is 0 Å². The van der Waals surface area contributed by atoms with Crippen LogP contribution in [0.1, 0.15) is 31.9 Å². The van der Waals surface area contributed by atoms with Gasteiger partial charge in [-0.15, -0.1) is 0 Å². The minimum atomic E-state index is 0.110. The highest BCUT2D eigenvalue weighted by molar-refractivity contribution is 5.86. The first-order valence-electron chi connectivity index (χ1n) is 9.89. The lowest BCUT2D eigenvalue weighted by molar-refractivity contribution is -0.131. The molecule has 1 aromatic heterocycles. The van der Waals surface area contributed by atoms with E-state index < -0.39 is 0 Å². The molecule has 1 heterocycles. The molecule has 0 atom stereocenters. The second-order valence-electron chi connectivity index (χ2n) is 6.62. The van der Waals surface area contributed by atoms with E-state index in [0.29, 0.717) is 13.1 Å². The van der Waals surface area contributed by atoms with E-state index in [2.05, 4.69) is 28.6 Å². The molecule has 0 aliphatic rings. The molecular weight excluding hydrogens is 352 g/mol. The van der Waals surface area contributed by atoms with Gasteiger partial charge in [0.15, 0.2) is 5.96 Å². The maximum atomic E-state index is 12.4. The number of rotatable bonds is 9. The Kier molecular flexibility index (Phi) is 8.52. The van der Waals surface area contributed by atoms with Gasteiger partial charge in [0.1, 0.15) is 0 Å². The molecule has 0 saturated heterocycles. The van der Waals surface area contributed by atoms with Crippen LogP contribution in [0.5, 0.6) is 0 Å². The van der Waals surface area contributed by atoms with Crippen molar-refractivity contribution in [2.75, 3.05) is 33.2 Å². The van der Waals surface area contributed by atoms with E-state index >= 15 is 0 Å². The lowest BCUT2D eigenvalue weighted by Gasteiger charge is -2.25. The van der Waals surface area contributed by atoms with Gasteiger partial charge in [0.05, 0.1) is 19.6 Å². The van der Waals surface area contributed by atoms with Crippen molar-refractivity contribution in [2.45, 2.75) is 33.9 Å². The van der Waals surface area contributed by atoms with Crippen LogP contribution in [-0.2, 0) is 17.9 Å². The predicted octanol–water partition coefficient (Wildman–Crippen LogP) is 2.20. The van der Waals surface area contributed by atoms with Crippen molar-refractivity contribution >= 4 is 11.9 Å². The predicted molar refractivity (Wildman–Crippen MR) is 113 cm³/mol. The van der Waals surface area contributed by atoms with Gasteiger partial charge in [-0.1, -0.05) is 24.3 Å². The average molecular weight is 385 g/mol. The van der Waals surface area contributed by atoms with E-state index in [4.69, 9.17) is 4.99 Å². The number of benzene rings is 1. The maximum Gasteiger partial charge on any atom is 0.242 e. The summed E-state index contributed by atoms with van der Waals surface area (Å²) in [6.45, 7) is 9.82. The molecule has 152 valence electrons. The van der Waals surface area contributed by atoms with Crippen LogP contribution in [0.15, 0.2) is 47.7 Å². The Morgan fingerprint density at radius 3 is 2.57 bits per heavy atom. The molecule has 0 aliphatic carbocycles. The average Bonchev–Trinajstić information content (AvgIpc) is 3.19. The number of nitrogens with one attached hydrogen (secondary N) is 1. The quantitative estimate of drug-likeness (QED) is 0.532. The summed E-state index contributed by atoms with van der Waals surface area (Å²) in [4.78, 5) is 20.8. The second kappa shape index (κ2) is 11.1. The maximum absolute atomic E-state index is 12.4. The van der Waals surface area contributed by atoms with E-state index in [-0.39, 0.29) is 5.91 Å². The SMILES string of the molecule is CCNC(=NCc1cccc(Cn2cccn2)c1)N(C)CC(=O)N(CC)CC. The van der Waals surface area contributed by atoms with Crippen LogP contribution in [-0.4, -0.2) is 64.7 Å². The monoisotopic (exact) mass is 384 g/mol. The fraction of sp³-hybridized carbons (Fsp3) is 0.476. The highest BCUT2D eigenvalue weighted by Gasteiger charge is 2.15. The summed E-state index contributed by atoms with van der Waals surface area (Å²) < 4.78 is 1.90. The summed E-state index contributed by atoms with van der Waals surface area (Å²) >= 11 is 0. The van der Waals surface area contributed by atoms with E-state index in [1.54, 1.807) is 6.20 Å². The zero-order valence-electron chi connectivity index (χ0n) is 17.4. The highest BCUT2D eigenvalue weighted by atomic mass is 16.2. The molecular formula is C21H32N6O. The van der Waals surface area contributed by atoms with Gasteiger partial charge in [-0.05, 0) is 38.0 Å². The molecule has 0 spiro atoms. The van der Waals surface area contributed by atoms with Gasteiger partial charge in [0.2, 0.25) is 5.91 Å². The molecule has 0 unspecified atom stereocenters. The Morgan fingerprint density at radius 2 is 1.93 bits per heavy atom. The van der Waals surface area contributed by atoms with Gasteiger partial charge in [-0.3, -0.25) is 9.48 Å². The van der Waals surface area contributed by atoms with Crippen molar-refractivity contribution in [1.82, 2.24) is 24.9 Å². The van der Waals surface area contributed by atoms with Gasteiger partial charge < -0.3 is 15.1 Å². The van der Waals surface area contributed by atoms with Crippen LogP contribution >= 0.6 is 0 Å². The fourth-order valence-corrected chi connectivity index (χ4v) is 3.00. The van der Waals surface area contributed by atoms with E-state index in [9.17, 15) is 4.79 Å². The van der Waals surface area contributed by atoms with Gasteiger partial charge >= 0.3 is 0 Å². The molecule has 2 rings (SSSR count). The molecule has 1 aromatic carbocycles.